The zero-order valence-corrected chi connectivity index (χ0v) is 15.6. The number of benzene rings is 2. The highest BCUT2D eigenvalue weighted by molar-refractivity contribution is 6.31. The number of imidazole rings is 1. The number of halogens is 2. The fourth-order valence-corrected chi connectivity index (χ4v) is 4.12. The highest BCUT2D eigenvalue weighted by atomic mass is 35.5. The Bertz CT molecular complexity index is 1190. The summed E-state index contributed by atoms with van der Waals surface area (Å²) in [4.78, 5) is 20.2. The van der Waals surface area contributed by atoms with E-state index in [0.717, 1.165) is 16.6 Å². The molecule has 2 aromatic carbocycles. The Morgan fingerprint density at radius 2 is 2.00 bits per heavy atom. The van der Waals surface area contributed by atoms with Crippen molar-refractivity contribution in [2.24, 2.45) is 0 Å². The Kier molecular flexibility index (Phi) is 3.73. The summed E-state index contributed by atoms with van der Waals surface area (Å²) in [6.07, 6.45) is 0.0975. The number of para-hydroxylation sites is 2. The number of rotatable bonds is 2. The lowest BCUT2D eigenvalue weighted by Gasteiger charge is -2.25. The molecule has 1 aliphatic heterocycles. The maximum Gasteiger partial charge on any atom is 0.231 e. The van der Waals surface area contributed by atoms with Gasteiger partial charge in [0.15, 0.2) is 0 Å². The lowest BCUT2D eigenvalue weighted by Crippen LogP contribution is -2.25. The van der Waals surface area contributed by atoms with E-state index >= 15 is 0 Å². The van der Waals surface area contributed by atoms with Crippen molar-refractivity contribution in [3.05, 3.63) is 70.1 Å². The lowest BCUT2D eigenvalue weighted by atomic mass is 9.85. The molecule has 0 fully saturated rings. The number of carbonyl (C=O) groups is 1. The minimum atomic E-state index is -0.518. The minimum Gasteiger partial charge on any atom is -0.322 e. The number of aryl methyl sites for hydroxylation is 1. The molecule has 5 rings (SSSR count). The molecule has 2 N–H and O–H groups in total. The predicted octanol–water partition coefficient (Wildman–Crippen LogP) is 4.32. The quantitative estimate of drug-likeness (QED) is 0.530. The molecule has 140 valence electrons. The average Bonchev–Trinajstić information content (AvgIpc) is 3.22. The summed E-state index contributed by atoms with van der Waals surface area (Å²) in [5.41, 5.74) is 3.38. The number of anilines is 1. The highest BCUT2D eigenvalue weighted by Gasteiger charge is 2.35. The molecule has 0 saturated heterocycles. The Hall–Kier alpha value is -3.19. The van der Waals surface area contributed by atoms with Crippen molar-refractivity contribution < 1.29 is 9.18 Å². The second-order valence-corrected chi connectivity index (χ2v) is 7.18. The van der Waals surface area contributed by atoms with Crippen LogP contribution in [0.25, 0.3) is 17.0 Å². The maximum atomic E-state index is 14.6. The van der Waals surface area contributed by atoms with Crippen LogP contribution in [-0.2, 0) is 4.79 Å². The van der Waals surface area contributed by atoms with Gasteiger partial charge >= 0.3 is 0 Å². The van der Waals surface area contributed by atoms with Gasteiger partial charge in [-0.1, -0.05) is 29.8 Å². The molecule has 2 aromatic heterocycles. The monoisotopic (exact) mass is 395 g/mol. The number of fused-ring (bicyclic) bond motifs is 2. The molecule has 0 unspecified atom stereocenters. The Balaban J connectivity index is 1.72. The Morgan fingerprint density at radius 1 is 1.18 bits per heavy atom. The van der Waals surface area contributed by atoms with Gasteiger partial charge in [0.25, 0.3) is 0 Å². The van der Waals surface area contributed by atoms with E-state index < -0.39 is 11.7 Å². The van der Waals surface area contributed by atoms with Crippen LogP contribution in [0.3, 0.4) is 0 Å². The number of nitrogens with one attached hydrogen (secondary N) is 2. The molecule has 3 heterocycles. The molecule has 28 heavy (non-hydrogen) atoms. The minimum absolute atomic E-state index is 0.0975. The first-order valence-corrected chi connectivity index (χ1v) is 9.19. The van der Waals surface area contributed by atoms with Crippen molar-refractivity contribution in [2.45, 2.75) is 19.3 Å². The Labute approximate surface area is 164 Å². The van der Waals surface area contributed by atoms with Gasteiger partial charge in [0.05, 0.1) is 16.7 Å². The molecule has 1 amide bonds. The van der Waals surface area contributed by atoms with Gasteiger partial charge in [0.2, 0.25) is 11.9 Å². The largest absolute Gasteiger partial charge is 0.322 e. The number of nitrogens with zero attached hydrogens (tertiary/aromatic N) is 3. The third-order valence-corrected chi connectivity index (χ3v) is 5.36. The van der Waals surface area contributed by atoms with Crippen molar-refractivity contribution in [3.8, 4) is 5.95 Å². The van der Waals surface area contributed by atoms with E-state index in [1.807, 2.05) is 31.2 Å². The molecule has 0 aliphatic carbocycles. The summed E-state index contributed by atoms with van der Waals surface area (Å²) in [7, 11) is 0. The topological polar surface area (TPSA) is 75.6 Å². The normalized spacial score (nSPS) is 16.2. The van der Waals surface area contributed by atoms with Crippen LogP contribution in [-0.4, -0.2) is 25.7 Å². The first-order chi connectivity index (χ1) is 13.5. The molecular weight excluding hydrogens is 381 g/mol. The summed E-state index contributed by atoms with van der Waals surface area (Å²) >= 11 is 6.29. The molecule has 1 aliphatic rings. The van der Waals surface area contributed by atoms with Crippen molar-refractivity contribution in [1.82, 2.24) is 19.7 Å². The van der Waals surface area contributed by atoms with Crippen LogP contribution in [0.5, 0.6) is 0 Å². The SMILES string of the molecule is Cc1nn(-c2nc3ccccc3[nH]2)c2c1[C@@H](c1c(F)cccc1Cl)CC(=O)N2. The molecule has 4 aromatic rings. The van der Waals surface area contributed by atoms with E-state index in [1.165, 1.54) is 6.07 Å². The second kappa shape index (κ2) is 6.17. The van der Waals surface area contributed by atoms with Gasteiger partial charge < -0.3 is 10.3 Å². The third-order valence-electron chi connectivity index (χ3n) is 5.03. The van der Waals surface area contributed by atoms with Crippen molar-refractivity contribution >= 4 is 34.4 Å². The van der Waals surface area contributed by atoms with Crippen LogP contribution in [0.4, 0.5) is 10.2 Å². The van der Waals surface area contributed by atoms with E-state index in [1.54, 1.807) is 16.8 Å². The van der Waals surface area contributed by atoms with Crippen LogP contribution in [0, 0.1) is 12.7 Å². The summed E-state index contributed by atoms with van der Waals surface area (Å²) < 4.78 is 16.2. The average molecular weight is 396 g/mol. The van der Waals surface area contributed by atoms with E-state index in [4.69, 9.17) is 11.6 Å². The lowest BCUT2D eigenvalue weighted by molar-refractivity contribution is -0.116. The van der Waals surface area contributed by atoms with Crippen molar-refractivity contribution in [1.29, 1.82) is 0 Å². The summed E-state index contributed by atoms with van der Waals surface area (Å²) in [5, 5.41) is 7.73. The summed E-state index contributed by atoms with van der Waals surface area (Å²) in [6, 6.07) is 12.1. The molecule has 1 atom stereocenters. The standard InChI is InChI=1S/C20H15ClFN5O/c1-10-17-11(18-12(21)5-4-6-13(18)22)9-16(28)25-19(17)27(26-10)20-23-14-7-2-3-8-15(14)24-20/h2-8,11H,9H2,1H3,(H,23,24)(H,25,28)/t11-/m0/s1. The van der Waals surface area contributed by atoms with Gasteiger partial charge in [0.1, 0.15) is 11.6 Å². The van der Waals surface area contributed by atoms with Crippen LogP contribution < -0.4 is 5.32 Å². The van der Waals surface area contributed by atoms with Gasteiger partial charge in [-0.3, -0.25) is 4.79 Å². The fourth-order valence-electron chi connectivity index (χ4n) is 3.83. The summed E-state index contributed by atoms with van der Waals surface area (Å²) in [5.74, 6) is -0.220. The zero-order chi connectivity index (χ0) is 19.4. The van der Waals surface area contributed by atoms with Crippen LogP contribution in [0.2, 0.25) is 5.02 Å². The summed E-state index contributed by atoms with van der Waals surface area (Å²) in [6.45, 7) is 1.83. The number of amides is 1. The van der Waals surface area contributed by atoms with Gasteiger partial charge in [-0.15, -0.1) is 0 Å². The first-order valence-electron chi connectivity index (χ1n) is 8.81. The number of aromatic amines is 1. The smallest absolute Gasteiger partial charge is 0.231 e. The fraction of sp³-hybridized carbons (Fsp3) is 0.150. The first kappa shape index (κ1) is 16.9. The maximum absolute atomic E-state index is 14.6. The van der Waals surface area contributed by atoms with E-state index in [2.05, 4.69) is 20.4 Å². The van der Waals surface area contributed by atoms with Gasteiger partial charge in [-0.05, 0) is 31.2 Å². The number of carbonyl (C=O) groups excluding carboxylic acids is 1. The van der Waals surface area contributed by atoms with Gasteiger partial charge in [-0.25, -0.2) is 9.37 Å². The van der Waals surface area contributed by atoms with Gasteiger partial charge in [0, 0.05) is 28.5 Å². The van der Waals surface area contributed by atoms with Crippen LogP contribution in [0.15, 0.2) is 42.5 Å². The van der Waals surface area contributed by atoms with Crippen molar-refractivity contribution in [3.63, 3.8) is 0 Å². The predicted molar refractivity (Wildman–Crippen MR) is 104 cm³/mol. The molecule has 0 spiro atoms. The van der Waals surface area contributed by atoms with E-state index in [9.17, 15) is 9.18 Å². The molecule has 0 radical (unpaired) electrons. The highest BCUT2D eigenvalue weighted by Crippen LogP contribution is 2.43. The van der Waals surface area contributed by atoms with E-state index in [0.29, 0.717) is 28.0 Å². The van der Waals surface area contributed by atoms with Crippen LogP contribution in [0.1, 0.15) is 29.2 Å². The molecule has 0 saturated carbocycles. The number of hydrogen-bond donors (Lipinski definition) is 2. The molecule has 0 bridgehead atoms. The van der Waals surface area contributed by atoms with Gasteiger partial charge in [-0.2, -0.15) is 9.78 Å². The third kappa shape index (κ3) is 2.51. The number of aromatic nitrogens is 4. The second-order valence-electron chi connectivity index (χ2n) is 6.78. The zero-order valence-electron chi connectivity index (χ0n) is 14.8. The van der Waals surface area contributed by atoms with Crippen molar-refractivity contribution in [2.75, 3.05) is 5.32 Å². The number of H-pyrrole nitrogens is 1. The molecule has 8 heteroatoms. The van der Waals surface area contributed by atoms with E-state index in [-0.39, 0.29) is 12.3 Å². The Morgan fingerprint density at radius 3 is 2.79 bits per heavy atom. The van der Waals surface area contributed by atoms with Crippen LogP contribution >= 0.6 is 11.6 Å². The molecular formula is C20H15ClFN5O. The molecule has 6 nitrogen and oxygen atoms in total. The number of hydrogen-bond acceptors (Lipinski definition) is 3.